The second-order valence-electron chi connectivity index (χ2n) is 4.93. The van der Waals surface area contributed by atoms with Crippen LogP contribution in [0.1, 0.15) is 19.4 Å². The minimum Gasteiger partial charge on any atom is -0.491 e. The molecule has 1 aromatic rings. The second-order valence-corrected chi connectivity index (χ2v) is 6.63. The van der Waals surface area contributed by atoms with Crippen LogP contribution in [0.2, 0.25) is 0 Å². The Kier molecular flexibility index (Phi) is 4.78. The van der Waals surface area contributed by atoms with Gasteiger partial charge in [-0.1, -0.05) is 12.1 Å². The van der Waals surface area contributed by atoms with E-state index in [4.69, 9.17) is 4.74 Å². The summed E-state index contributed by atoms with van der Waals surface area (Å²) >= 11 is 0. The van der Waals surface area contributed by atoms with E-state index in [1.54, 1.807) is 0 Å². The van der Waals surface area contributed by atoms with Crippen molar-refractivity contribution in [3.05, 3.63) is 29.8 Å². The first kappa shape index (κ1) is 13.6. The maximum atomic E-state index is 11.3. The van der Waals surface area contributed by atoms with Gasteiger partial charge in [-0.3, -0.25) is 9.11 Å². The average Bonchev–Trinajstić information content (AvgIpc) is 2.34. The van der Waals surface area contributed by atoms with Crippen LogP contribution in [0.25, 0.3) is 0 Å². The van der Waals surface area contributed by atoms with Crippen LogP contribution in [0.5, 0.6) is 5.75 Å². The zero-order valence-electron chi connectivity index (χ0n) is 11.1. The highest BCUT2D eigenvalue weighted by Gasteiger charge is 2.14. The van der Waals surface area contributed by atoms with Gasteiger partial charge >= 0.3 is 0 Å². The van der Waals surface area contributed by atoms with Gasteiger partial charge < -0.3 is 4.74 Å². The molecule has 1 aromatic carbocycles. The van der Waals surface area contributed by atoms with Gasteiger partial charge in [0, 0.05) is 41.9 Å². The largest absolute Gasteiger partial charge is 0.491 e. The predicted molar refractivity (Wildman–Crippen MR) is 75.4 cm³/mol. The lowest BCUT2D eigenvalue weighted by atomic mass is 10.2. The van der Waals surface area contributed by atoms with E-state index in [0.29, 0.717) is 0 Å². The molecule has 0 aliphatic carbocycles. The number of nitrogens with zero attached hydrogens (tertiary/aromatic N) is 1. The van der Waals surface area contributed by atoms with E-state index in [-0.39, 0.29) is 6.10 Å². The van der Waals surface area contributed by atoms with Crippen LogP contribution in [0.3, 0.4) is 0 Å². The first-order chi connectivity index (χ1) is 8.63. The predicted octanol–water partition coefficient (Wildman–Crippen LogP) is 2.04. The summed E-state index contributed by atoms with van der Waals surface area (Å²) in [5.41, 5.74) is 1.29. The summed E-state index contributed by atoms with van der Waals surface area (Å²) in [5, 5.41) is 0. The van der Waals surface area contributed by atoms with Crippen LogP contribution in [-0.2, 0) is 17.3 Å². The van der Waals surface area contributed by atoms with Crippen molar-refractivity contribution >= 4 is 10.8 Å². The van der Waals surface area contributed by atoms with E-state index in [9.17, 15) is 4.21 Å². The van der Waals surface area contributed by atoms with Crippen molar-refractivity contribution < 1.29 is 8.95 Å². The number of benzene rings is 1. The lowest BCUT2D eigenvalue weighted by Gasteiger charge is -2.26. The lowest BCUT2D eigenvalue weighted by Crippen LogP contribution is -2.37. The fourth-order valence-corrected chi connectivity index (χ4v) is 3.17. The van der Waals surface area contributed by atoms with Crippen LogP contribution in [-0.4, -0.2) is 39.8 Å². The number of rotatable bonds is 4. The monoisotopic (exact) mass is 267 g/mol. The van der Waals surface area contributed by atoms with Gasteiger partial charge in [0.05, 0.1) is 6.10 Å². The number of hydrogen-bond acceptors (Lipinski definition) is 3. The second kappa shape index (κ2) is 6.34. The van der Waals surface area contributed by atoms with Crippen LogP contribution >= 0.6 is 0 Å². The molecule has 3 nitrogen and oxygen atoms in total. The highest BCUT2D eigenvalue weighted by atomic mass is 32.2. The SMILES string of the molecule is CC(C)Oc1ccc(CN2CCS(=O)CC2)cc1. The zero-order valence-corrected chi connectivity index (χ0v) is 11.9. The van der Waals surface area contributed by atoms with Crippen LogP contribution < -0.4 is 4.74 Å². The molecule has 0 radical (unpaired) electrons. The summed E-state index contributed by atoms with van der Waals surface area (Å²) in [4.78, 5) is 2.36. The van der Waals surface area contributed by atoms with Gasteiger partial charge in [0.1, 0.15) is 5.75 Å². The van der Waals surface area contributed by atoms with E-state index < -0.39 is 10.8 Å². The van der Waals surface area contributed by atoms with Gasteiger partial charge in [0.25, 0.3) is 0 Å². The topological polar surface area (TPSA) is 29.5 Å². The Hall–Kier alpha value is -0.870. The number of ether oxygens (including phenoxy) is 1. The lowest BCUT2D eigenvalue weighted by molar-refractivity contribution is 0.242. The fourth-order valence-electron chi connectivity index (χ4n) is 2.04. The normalized spacial score (nSPS) is 18.2. The molecular formula is C14H21NO2S. The minimum atomic E-state index is -0.591. The third-order valence-electron chi connectivity index (χ3n) is 2.97. The Bertz CT molecular complexity index is 393. The van der Waals surface area contributed by atoms with Gasteiger partial charge in [-0.15, -0.1) is 0 Å². The molecule has 0 N–H and O–H groups in total. The van der Waals surface area contributed by atoms with Crippen molar-refractivity contribution in [2.24, 2.45) is 0 Å². The standard InChI is InChI=1S/C14H21NO2S/c1-12(2)17-14-5-3-13(4-6-14)11-15-7-9-18(16)10-8-15/h3-6,12H,7-11H2,1-2H3. The van der Waals surface area contributed by atoms with Crippen molar-refractivity contribution in [2.45, 2.75) is 26.5 Å². The minimum absolute atomic E-state index is 0.216. The third kappa shape index (κ3) is 4.10. The van der Waals surface area contributed by atoms with Crippen molar-refractivity contribution in [3.63, 3.8) is 0 Å². The molecule has 18 heavy (non-hydrogen) atoms. The van der Waals surface area contributed by atoms with E-state index in [2.05, 4.69) is 17.0 Å². The third-order valence-corrected chi connectivity index (χ3v) is 4.25. The fraction of sp³-hybridized carbons (Fsp3) is 0.571. The molecule has 2 rings (SSSR count). The molecule has 0 unspecified atom stereocenters. The molecule has 0 aromatic heterocycles. The summed E-state index contributed by atoms with van der Waals surface area (Å²) in [6.45, 7) is 6.89. The molecule has 1 aliphatic heterocycles. The van der Waals surface area contributed by atoms with Crippen molar-refractivity contribution in [1.82, 2.24) is 4.90 Å². The molecule has 0 saturated carbocycles. The first-order valence-corrected chi connectivity index (χ1v) is 7.95. The molecule has 1 fully saturated rings. The Balaban J connectivity index is 1.88. The summed E-state index contributed by atoms with van der Waals surface area (Å²) in [5.74, 6) is 2.55. The maximum absolute atomic E-state index is 11.3. The highest BCUT2D eigenvalue weighted by molar-refractivity contribution is 7.85. The maximum Gasteiger partial charge on any atom is 0.119 e. The highest BCUT2D eigenvalue weighted by Crippen LogP contribution is 2.15. The number of hydrogen-bond donors (Lipinski definition) is 0. The molecule has 0 amide bonds. The molecule has 0 spiro atoms. The first-order valence-electron chi connectivity index (χ1n) is 6.46. The molecule has 4 heteroatoms. The average molecular weight is 267 g/mol. The van der Waals surface area contributed by atoms with E-state index in [1.807, 2.05) is 26.0 Å². The molecule has 1 saturated heterocycles. The Morgan fingerprint density at radius 1 is 1.22 bits per heavy atom. The quantitative estimate of drug-likeness (QED) is 0.836. The van der Waals surface area contributed by atoms with Gasteiger partial charge in [0.2, 0.25) is 0 Å². The van der Waals surface area contributed by atoms with Gasteiger partial charge in [-0.25, -0.2) is 0 Å². The molecule has 100 valence electrons. The smallest absolute Gasteiger partial charge is 0.119 e. The Morgan fingerprint density at radius 2 is 1.83 bits per heavy atom. The van der Waals surface area contributed by atoms with Gasteiger partial charge in [-0.2, -0.15) is 0 Å². The van der Waals surface area contributed by atoms with Crippen molar-refractivity contribution in [2.75, 3.05) is 24.6 Å². The Morgan fingerprint density at radius 3 is 2.39 bits per heavy atom. The van der Waals surface area contributed by atoms with E-state index in [0.717, 1.165) is 36.9 Å². The van der Waals surface area contributed by atoms with E-state index >= 15 is 0 Å². The van der Waals surface area contributed by atoms with E-state index in [1.165, 1.54) is 5.56 Å². The summed E-state index contributed by atoms with van der Waals surface area (Å²) in [6.07, 6.45) is 0.216. The van der Waals surface area contributed by atoms with Crippen LogP contribution in [0.15, 0.2) is 24.3 Å². The van der Waals surface area contributed by atoms with Crippen molar-refractivity contribution in [1.29, 1.82) is 0 Å². The van der Waals surface area contributed by atoms with Crippen LogP contribution in [0.4, 0.5) is 0 Å². The molecule has 0 bridgehead atoms. The summed E-state index contributed by atoms with van der Waals surface area (Å²) in [6, 6.07) is 8.28. The van der Waals surface area contributed by atoms with Gasteiger partial charge in [-0.05, 0) is 31.5 Å². The van der Waals surface area contributed by atoms with Crippen molar-refractivity contribution in [3.8, 4) is 5.75 Å². The Labute approximate surface area is 112 Å². The zero-order chi connectivity index (χ0) is 13.0. The molecule has 0 atom stereocenters. The summed E-state index contributed by atoms with van der Waals surface area (Å²) in [7, 11) is -0.591. The molecule has 1 aliphatic rings. The molecule has 1 heterocycles. The summed E-state index contributed by atoms with van der Waals surface area (Å²) < 4.78 is 16.9. The van der Waals surface area contributed by atoms with Gasteiger partial charge in [0.15, 0.2) is 0 Å². The molecular weight excluding hydrogens is 246 g/mol. The van der Waals surface area contributed by atoms with Crippen LogP contribution in [0, 0.1) is 0 Å².